The van der Waals surface area contributed by atoms with Crippen LogP contribution in [0.5, 0.6) is 5.75 Å². The molecule has 0 fully saturated rings. The van der Waals surface area contributed by atoms with Gasteiger partial charge >= 0.3 is 5.97 Å². The predicted molar refractivity (Wildman–Crippen MR) is 56.5 cm³/mol. The summed E-state index contributed by atoms with van der Waals surface area (Å²) in [6, 6.07) is 4.25. The molecule has 0 amide bonds. The number of hydrogen-bond acceptors (Lipinski definition) is 3. The van der Waals surface area contributed by atoms with Gasteiger partial charge in [0.1, 0.15) is 6.42 Å². The first-order chi connectivity index (χ1) is 7.67. The zero-order chi connectivity index (χ0) is 12.0. The van der Waals surface area contributed by atoms with Crippen LogP contribution in [0, 0.1) is 17.7 Å². The Hall–Kier alpha value is -2.02. The highest BCUT2D eigenvalue weighted by molar-refractivity contribution is 5.72. The Kier molecular flexibility index (Phi) is 4.34. The minimum absolute atomic E-state index is 0.0101. The molecule has 1 rings (SSSR count). The van der Waals surface area contributed by atoms with Crippen molar-refractivity contribution in [2.45, 2.75) is 6.42 Å². The summed E-state index contributed by atoms with van der Waals surface area (Å²) in [7, 11) is 2.68. The fraction of sp³-hybridized carbons (Fsp3) is 0.250. The van der Waals surface area contributed by atoms with Crippen LogP contribution in [-0.4, -0.2) is 20.2 Å². The van der Waals surface area contributed by atoms with Crippen molar-refractivity contribution in [2.24, 2.45) is 0 Å². The van der Waals surface area contributed by atoms with Crippen LogP contribution in [-0.2, 0) is 9.53 Å². The fourth-order valence-electron chi connectivity index (χ4n) is 1.03. The molecule has 1 aromatic carbocycles. The molecule has 0 spiro atoms. The number of esters is 1. The second kappa shape index (κ2) is 5.76. The molecule has 0 aliphatic rings. The van der Waals surface area contributed by atoms with Crippen LogP contribution in [0.25, 0.3) is 0 Å². The van der Waals surface area contributed by atoms with Crippen molar-refractivity contribution in [1.82, 2.24) is 0 Å². The summed E-state index contributed by atoms with van der Waals surface area (Å²) in [5.41, 5.74) is 0.585. The van der Waals surface area contributed by atoms with Gasteiger partial charge in [-0.25, -0.2) is 4.39 Å². The van der Waals surface area contributed by atoms with Crippen LogP contribution >= 0.6 is 0 Å². The highest BCUT2D eigenvalue weighted by atomic mass is 19.1. The second-order valence-corrected chi connectivity index (χ2v) is 2.90. The molecule has 0 bridgehead atoms. The molecule has 84 valence electrons. The number of carbonyl (C=O) groups excluding carboxylic acids is 1. The number of ether oxygens (including phenoxy) is 2. The average molecular weight is 222 g/mol. The van der Waals surface area contributed by atoms with Gasteiger partial charge in [0, 0.05) is 5.56 Å². The minimum Gasteiger partial charge on any atom is -0.494 e. The lowest BCUT2D eigenvalue weighted by Crippen LogP contribution is -1.97. The summed E-state index contributed by atoms with van der Waals surface area (Å²) in [6.07, 6.45) is 0.0101. The van der Waals surface area contributed by atoms with Crippen molar-refractivity contribution in [3.8, 4) is 17.6 Å². The van der Waals surface area contributed by atoms with E-state index in [4.69, 9.17) is 4.74 Å². The Morgan fingerprint density at radius 2 is 2.19 bits per heavy atom. The van der Waals surface area contributed by atoms with Crippen molar-refractivity contribution >= 4 is 5.97 Å². The third-order valence-corrected chi connectivity index (χ3v) is 1.84. The smallest absolute Gasteiger partial charge is 0.317 e. The quantitative estimate of drug-likeness (QED) is 0.565. The molecule has 0 unspecified atom stereocenters. The van der Waals surface area contributed by atoms with Crippen LogP contribution in [0.15, 0.2) is 18.2 Å². The van der Waals surface area contributed by atoms with E-state index >= 15 is 0 Å². The number of halogens is 1. The standard InChI is InChI=1S/C12H11FO3/c1-15-11-8-9(6-7-10(11)13)4-3-5-12(14)16-2/h6-8H,5H2,1-2H3. The first-order valence-corrected chi connectivity index (χ1v) is 4.56. The third-order valence-electron chi connectivity index (χ3n) is 1.84. The molecule has 16 heavy (non-hydrogen) atoms. The topological polar surface area (TPSA) is 35.5 Å². The van der Waals surface area contributed by atoms with Gasteiger partial charge in [0.25, 0.3) is 0 Å². The van der Waals surface area contributed by atoms with Gasteiger partial charge in [0.15, 0.2) is 11.6 Å². The van der Waals surface area contributed by atoms with Gasteiger partial charge in [-0.05, 0) is 18.2 Å². The van der Waals surface area contributed by atoms with Crippen LogP contribution in [0.4, 0.5) is 4.39 Å². The highest BCUT2D eigenvalue weighted by Crippen LogP contribution is 2.17. The largest absolute Gasteiger partial charge is 0.494 e. The summed E-state index contributed by atoms with van der Waals surface area (Å²) in [5, 5.41) is 0. The molecule has 0 heterocycles. The maximum Gasteiger partial charge on any atom is 0.317 e. The summed E-state index contributed by atoms with van der Waals surface area (Å²) < 4.78 is 22.3. The molecule has 0 aliphatic heterocycles. The molecule has 0 aliphatic carbocycles. The van der Waals surface area contributed by atoms with Crippen molar-refractivity contribution < 1.29 is 18.7 Å². The number of carbonyl (C=O) groups is 1. The monoisotopic (exact) mass is 222 g/mol. The Labute approximate surface area is 93.2 Å². The van der Waals surface area contributed by atoms with E-state index in [1.165, 1.54) is 32.4 Å². The van der Waals surface area contributed by atoms with Gasteiger partial charge in [0.05, 0.1) is 14.2 Å². The van der Waals surface area contributed by atoms with E-state index in [0.29, 0.717) is 5.56 Å². The molecule has 0 atom stereocenters. The van der Waals surface area contributed by atoms with Crippen molar-refractivity contribution in [2.75, 3.05) is 14.2 Å². The van der Waals surface area contributed by atoms with E-state index in [0.717, 1.165) is 0 Å². The van der Waals surface area contributed by atoms with Gasteiger partial charge in [-0.3, -0.25) is 4.79 Å². The maximum atomic E-state index is 13.0. The minimum atomic E-state index is -0.444. The van der Waals surface area contributed by atoms with E-state index in [-0.39, 0.29) is 12.2 Å². The molecule has 0 radical (unpaired) electrons. The molecular formula is C12H11FO3. The number of methoxy groups -OCH3 is 2. The van der Waals surface area contributed by atoms with Crippen molar-refractivity contribution in [1.29, 1.82) is 0 Å². The SMILES string of the molecule is COC(=O)CC#Cc1ccc(F)c(OC)c1. The Bertz CT molecular complexity index is 443. The van der Waals surface area contributed by atoms with E-state index < -0.39 is 11.8 Å². The van der Waals surface area contributed by atoms with Crippen LogP contribution in [0.3, 0.4) is 0 Å². The first kappa shape index (κ1) is 12.1. The zero-order valence-corrected chi connectivity index (χ0v) is 9.04. The summed E-state index contributed by atoms with van der Waals surface area (Å²) in [4.78, 5) is 10.8. The molecule has 0 saturated carbocycles. The molecule has 0 saturated heterocycles. The Morgan fingerprint density at radius 3 is 2.81 bits per heavy atom. The van der Waals surface area contributed by atoms with Gasteiger partial charge in [-0.2, -0.15) is 0 Å². The van der Waals surface area contributed by atoms with Crippen molar-refractivity contribution in [3.05, 3.63) is 29.6 Å². The Morgan fingerprint density at radius 1 is 1.44 bits per heavy atom. The lowest BCUT2D eigenvalue weighted by atomic mass is 10.2. The maximum absolute atomic E-state index is 13.0. The highest BCUT2D eigenvalue weighted by Gasteiger charge is 2.01. The second-order valence-electron chi connectivity index (χ2n) is 2.90. The van der Waals surface area contributed by atoms with E-state index in [1.807, 2.05) is 0 Å². The summed E-state index contributed by atoms with van der Waals surface area (Å²) in [5.74, 6) is 4.62. The van der Waals surface area contributed by atoms with Crippen LogP contribution < -0.4 is 4.74 Å². The lowest BCUT2D eigenvalue weighted by Gasteiger charge is -2.00. The number of rotatable bonds is 2. The lowest BCUT2D eigenvalue weighted by molar-refractivity contribution is -0.139. The predicted octanol–water partition coefficient (Wildman–Crippen LogP) is 1.75. The van der Waals surface area contributed by atoms with Crippen LogP contribution in [0.2, 0.25) is 0 Å². The van der Waals surface area contributed by atoms with Gasteiger partial charge in [-0.15, -0.1) is 0 Å². The van der Waals surface area contributed by atoms with E-state index in [9.17, 15) is 9.18 Å². The van der Waals surface area contributed by atoms with E-state index in [1.54, 1.807) is 0 Å². The Balaban J connectivity index is 2.78. The third kappa shape index (κ3) is 3.28. The zero-order valence-electron chi connectivity index (χ0n) is 9.04. The average Bonchev–Trinajstić information content (AvgIpc) is 2.31. The number of benzene rings is 1. The molecule has 1 aromatic rings. The van der Waals surface area contributed by atoms with Crippen LogP contribution in [0.1, 0.15) is 12.0 Å². The van der Waals surface area contributed by atoms with Gasteiger partial charge < -0.3 is 9.47 Å². The van der Waals surface area contributed by atoms with E-state index in [2.05, 4.69) is 16.6 Å². The summed E-state index contributed by atoms with van der Waals surface area (Å²) >= 11 is 0. The molecular weight excluding hydrogens is 211 g/mol. The molecule has 4 heteroatoms. The van der Waals surface area contributed by atoms with Gasteiger partial charge in [0.2, 0.25) is 0 Å². The molecule has 0 N–H and O–H groups in total. The van der Waals surface area contributed by atoms with Gasteiger partial charge in [-0.1, -0.05) is 11.8 Å². The molecule has 3 nitrogen and oxygen atoms in total. The first-order valence-electron chi connectivity index (χ1n) is 4.56. The summed E-state index contributed by atoms with van der Waals surface area (Å²) in [6.45, 7) is 0. The van der Waals surface area contributed by atoms with Crippen molar-refractivity contribution in [3.63, 3.8) is 0 Å². The normalized spacial score (nSPS) is 8.94. The molecule has 0 aromatic heterocycles. The fourth-order valence-corrected chi connectivity index (χ4v) is 1.03. The number of hydrogen-bond donors (Lipinski definition) is 0.